The molecule has 0 bridgehead atoms. The van der Waals surface area contributed by atoms with Gasteiger partial charge in [0.2, 0.25) is 0 Å². The molecule has 2 aromatic rings. The molecule has 0 spiro atoms. The molecule has 2 rings (SSSR count). The summed E-state index contributed by atoms with van der Waals surface area (Å²) in [5.74, 6) is 0.971. The zero-order valence-corrected chi connectivity index (χ0v) is 11.3. The molecule has 0 aliphatic carbocycles. The van der Waals surface area contributed by atoms with Gasteiger partial charge in [-0.05, 0) is 37.6 Å². The largest absolute Gasteiger partial charge is 0.468 e. The van der Waals surface area contributed by atoms with Crippen molar-refractivity contribution in [3.05, 3.63) is 60.1 Å². The number of ether oxygens (including phenoxy) is 1. The van der Waals surface area contributed by atoms with Crippen molar-refractivity contribution >= 4 is 0 Å². The van der Waals surface area contributed by atoms with Crippen LogP contribution in [0.1, 0.15) is 30.8 Å². The van der Waals surface area contributed by atoms with Crippen molar-refractivity contribution in [2.24, 2.45) is 0 Å². The zero-order chi connectivity index (χ0) is 13.3. The second kappa shape index (κ2) is 7.77. The van der Waals surface area contributed by atoms with Gasteiger partial charge in [-0.2, -0.15) is 0 Å². The maximum absolute atomic E-state index is 5.80. The standard InChI is InChI=1S/C16H21NO2/c1-14(15-7-3-2-4-8-15)18-12-6-10-17-13-16-9-5-11-19-16/h2-5,7-9,11,14,17H,6,10,12-13H2,1H3. The lowest BCUT2D eigenvalue weighted by atomic mass is 10.1. The van der Waals surface area contributed by atoms with Gasteiger partial charge in [-0.15, -0.1) is 0 Å². The van der Waals surface area contributed by atoms with Crippen molar-refractivity contribution in [1.82, 2.24) is 5.32 Å². The second-order valence-corrected chi connectivity index (χ2v) is 4.53. The van der Waals surface area contributed by atoms with E-state index in [0.29, 0.717) is 0 Å². The van der Waals surface area contributed by atoms with Gasteiger partial charge in [0.15, 0.2) is 0 Å². The highest BCUT2D eigenvalue weighted by Gasteiger charge is 2.03. The van der Waals surface area contributed by atoms with E-state index in [1.165, 1.54) is 5.56 Å². The van der Waals surface area contributed by atoms with E-state index in [1.807, 2.05) is 30.3 Å². The molecule has 0 amide bonds. The molecule has 1 heterocycles. The molecule has 0 saturated carbocycles. The first kappa shape index (κ1) is 13.8. The van der Waals surface area contributed by atoms with Crippen molar-refractivity contribution in [3.63, 3.8) is 0 Å². The summed E-state index contributed by atoms with van der Waals surface area (Å²) in [6.07, 6.45) is 2.85. The van der Waals surface area contributed by atoms with E-state index < -0.39 is 0 Å². The highest BCUT2D eigenvalue weighted by atomic mass is 16.5. The Morgan fingerprint density at radius 2 is 2.00 bits per heavy atom. The van der Waals surface area contributed by atoms with Gasteiger partial charge in [-0.1, -0.05) is 30.3 Å². The third kappa shape index (κ3) is 4.89. The first-order valence-corrected chi connectivity index (χ1v) is 6.76. The molecule has 1 N–H and O–H groups in total. The van der Waals surface area contributed by atoms with Crippen LogP contribution in [0.15, 0.2) is 53.1 Å². The summed E-state index contributed by atoms with van der Waals surface area (Å²) in [6, 6.07) is 14.2. The highest BCUT2D eigenvalue weighted by Crippen LogP contribution is 2.15. The lowest BCUT2D eigenvalue weighted by Crippen LogP contribution is -2.16. The van der Waals surface area contributed by atoms with Gasteiger partial charge >= 0.3 is 0 Å². The van der Waals surface area contributed by atoms with Crippen LogP contribution in [0.2, 0.25) is 0 Å². The minimum Gasteiger partial charge on any atom is -0.468 e. The smallest absolute Gasteiger partial charge is 0.117 e. The van der Waals surface area contributed by atoms with Gasteiger partial charge in [-0.25, -0.2) is 0 Å². The second-order valence-electron chi connectivity index (χ2n) is 4.53. The summed E-state index contributed by atoms with van der Waals surface area (Å²) >= 11 is 0. The van der Waals surface area contributed by atoms with E-state index in [2.05, 4.69) is 24.4 Å². The lowest BCUT2D eigenvalue weighted by Gasteiger charge is -2.13. The van der Waals surface area contributed by atoms with Crippen LogP contribution in [0.3, 0.4) is 0 Å². The Balaban J connectivity index is 1.54. The normalized spacial score (nSPS) is 12.5. The van der Waals surface area contributed by atoms with Crippen molar-refractivity contribution in [1.29, 1.82) is 0 Å². The molecule has 0 aliphatic rings. The minimum absolute atomic E-state index is 0.159. The van der Waals surface area contributed by atoms with Crippen LogP contribution in [0.5, 0.6) is 0 Å². The van der Waals surface area contributed by atoms with Gasteiger partial charge < -0.3 is 14.5 Å². The summed E-state index contributed by atoms with van der Waals surface area (Å²) in [5, 5.41) is 3.33. The quantitative estimate of drug-likeness (QED) is 0.736. The molecule has 102 valence electrons. The van der Waals surface area contributed by atoms with Crippen molar-refractivity contribution in [2.45, 2.75) is 26.0 Å². The molecule has 19 heavy (non-hydrogen) atoms. The number of furan rings is 1. The van der Waals surface area contributed by atoms with Crippen molar-refractivity contribution < 1.29 is 9.15 Å². The average molecular weight is 259 g/mol. The fraction of sp³-hybridized carbons (Fsp3) is 0.375. The first-order chi connectivity index (χ1) is 9.36. The van der Waals surface area contributed by atoms with E-state index in [9.17, 15) is 0 Å². The monoisotopic (exact) mass is 259 g/mol. The molecule has 1 atom stereocenters. The molecular formula is C16H21NO2. The van der Waals surface area contributed by atoms with Crippen LogP contribution >= 0.6 is 0 Å². The molecule has 0 aliphatic heterocycles. The fourth-order valence-electron chi connectivity index (χ4n) is 1.90. The highest BCUT2D eigenvalue weighted by molar-refractivity contribution is 5.16. The van der Waals surface area contributed by atoms with Gasteiger partial charge in [0.1, 0.15) is 5.76 Å². The third-order valence-corrected chi connectivity index (χ3v) is 3.01. The average Bonchev–Trinajstić information content (AvgIpc) is 2.96. The zero-order valence-electron chi connectivity index (χ0n) is 11.3. The molecule has 3 heteroatoms. The van der Waals surface area contributed by atoms with Crippen molar-refractivity contribution in [2.75, 3.05) is 13.2 Å². The van der Waals surface area contributed by atoms with Gasteiger partial charge in [0.25, 0.3) is 0 Å². The molecular weight excluding hydrogens is 238 g/mol. The molecule has 0 radical (unpaired) electrons. The van der Waals surface area contributed by atoms with Crippen LogP contribution in [-0.4, -0.2) is 13.2 Å². The Kier molecular flexibility index (Phi) is 5.66. The molecule has 1 aromatic carbocycles. The summed E-state index contributed by atoms with van der Waals surface area (Å²) in [7, 11) is 0. The van der Waals surface area contributed by atoms with Crippen LogP contribution in [-0.2, 0) is 11.3 Å². The molecule has 0 saturated heterocycles. The number of nitrogens with one attached hydrogen (secondary N) is 1. The van der Waals surface area contributed by atoms with Crippen LogP contribution < -0.4 is 5.32 Å². The van der Waals surface area contributed by atoms with Gasteiger partial charge in [-0.3, -0.25) is 0 Å². The number of benzene rings is 1. The van der Waals surface area contributed by atoms with Crippen LogP contribution in [0.25, 0.3) is 0 Å². The maximum atomic E-state index is 5.80. The topological polar surface area (TPSA) is 34.4 Å². The molecule has 3 nitrogen and oxygen atoms in total. The predicted molar refractivity (Wildman–Crippen MR) is 75.8 cm³/mol. The van der Waals surface area contributed by atoms with Gasteiger partial charge in [0.05, 0.1) is 18.9 Å². The summed E-state index contributed by atoms with van der Waals surface area (Å²) < 4.78 is 11.0. The number of rotatable bonds is 8. The minimum atomic E-state index is 0.159. The number of hydrogen-bond acceptors (Lipinski definition) is 3. The molecule has 1 aromatic heterocycles. The Morgan fingerprint density at radius 1 is 1.16 bits per heavy atom. The Hall–Kier alpha value is -1.58. The molecule has 1 unspecified atom stereocenters. The summed E-state index contributed by atoms with van der Waals surface area (Å²) in [4.78, 5) is 0. The van der Waals surface area contributed by atoms with Gasteiger partial charge in [0, 0.05) is 6.61 Å². The Bertz CT molecular complexity index is 439. The Morgan fingerprint density at radius 3 is 2.74 bits per heavy atom. The van der Waals surface area contributed by atoms with E-state index in [4.69, 9.17) is 9.15 Å². The number of hydrogen-bond donors (Lipinski definition) is 1. The summed E-state index contributed by atoms with van der Waals surface area (Å²) in [6.45, 7) is 4.57. The maximum Gasteiger partial charge on any atom is 0.117 e. The van der Waals surface area contributed by atoms with E-state index in [1.54, 1.807) is 6.26 Å². The van der Waals surface area contributed by atoms with E-state index in [0.717, 1.165) is 31.9 Å². The van der Waals surface area contributed by atoms with E-state index in [-0.39, 0.29) is 6.10 Å². The first-order valence-electron chi connectivity index (χ1n) is 6.76. The fourth-order valence-corrected chi connectivity index (χ4v) is 1.90. The third-order valence-electron chi connectivity index (χ3n) is 3.01. The van der Waals surface area contributed by atoms with Crippen LogP contribution in [0, 0.1) is 0 Å². The lowest BCUT2D eigenvalue weighted by molar-refractivity contribution is 0.0640. The van der Waals surface area contributed by atoms with E-state index >= 15 is 0 Å². The van der Waals surface area contributed by atoms with Crippen LogP contribution in [0.4, 0.5) is 0 Å². The predicted octanol–water partition coefficient (Wildman–Crippen LogP) is 3.54. The summed E-state index contributed by atoms with van der Waals surface area (Å²) in [5.41, 5.74) is 1.23. The molecule has 0 fully saturated rings. The SMILES string of the molecule is CC(OCCCNCc1ccco1)c1ccccc1. The Labute approximate surface area is 114 Å². The van der Waals surface area contributed by atoms with Crippen molar-refractivity contribution in [3.8, 4) is 0 Å².